The number of hydrogen-bond acceptors (Lipinski definition) is 2. The highest BCUT2D eigenvalue weighted by Crippen LogP contribution is 2.22. The Morgan fingerprint density at radius 3 is 2.58 bits per heavy atom. The third-order valence-corrected chi connectivity index (χ3v) is 4.52. The Bertz CT molecular complexity index is 381. The number of benzene rings is 1. The van der Waals surface area contributed by atoms with Crippen molar-refractivity contribution < 1.29 is 0 Å². The van der Waals surface area contributed by atoms with Crippen LogP contribution in [-0.2, 0) is 6.54 Å². The van der Waals surface area contributed by atoms with Crippen LogP contribution in [0.4, 0.5) is 0 Å². The van der Waals surface area contributed by atoms with Gasteiger partial charge in [0.05, 0.1) is 0 Å². The second-order valence-electron chi connectivity index (χ2n) is 5.89. The Morgan fingerprint density at radius 1 is 1.26 bits per heavy atom. The predicted octanol–water partition coefficient (Wildman–Crippen LogP) is 3.21. The fourth-order valence-electron chi connectivity index (χ4n) is 3.13. The molecule has 1 atom stereocenters. The maximum absolute atomic E-state index is 3.57. The molecular weight excluding hydrogens is 232 g/mol. The van der Waals surface area contributed by atoms with Gasteiger partial charge in [-0.05, 0) is 63.4 Å². The molecule has 1 fully saturated rings. The van der Waals surface area contributed by atoms with Crippen LogP contribution in [0.2, 0.25) is 0 Å². The zero-order valence-electron chi connectivity index (χ0n) is 12.7. The lowest BCUT2D eigenvalue weighted by atomic mass is 9.90. The minimum absolute atomic E-state index is 0.672. The molecule has 0 amide bonds. The fraction of sp³-hybridized carbons (Fsp3) is 0.647. The van der Waals surface area contributed by atoms with Crippen molar-refractivity contribution in [1.82, 2.24) is 10.2 Å². The molecule has 0 bridgehead atoms. The Hall–Kier alpha value is -0.860. The highest BCUT2D eigenvalue weighted by Gasteiger charge is 2.23. The summed E-state index contributed by atoms with van der Waals surface area (Å²) >= 11 is 0. The Kier molecular flexibility index (Phi) is 5.41. The summed E-state index contributed by atoms with van der Waals surface area (Å²) in [6.45, 7) is 11.5. The summed E-state index contributed by atoms with van der Waals surface area (Å²) in [5.41, 5.74) is 2.91. The average Bonchev–Trinajstić information content (AvgIpc) is 2.42. The second kappa shape index (κ2) is 7.06. The SMILES string of the molecule is CCNC(C)C1CCN(Cc2ccccc2C)CC1. The molecule has 2 nitrogen and oxygen atoms in total. The summed E-state index contributed by atoms with van der Waals surface area (Å²) in [7, 11) is 0. The molecule has 2 rings (SSSR count). The normalized spacial score (nSPS) is 19.5. The van der Waals surface area contributed by atoms with Crippen LogP contribution in [0.1, 0.15) is 37.8 Å². The highest BCUT2D eigenvalue weighted by molar-refractivity contribution is 5.25. The van der Waals surface area contributed by atoms with Gasteiger partial charge in [0.1, 0.15) is 0 Å². The minimum Gasteiger partial charge on any atom is -0.314 e. The maximum atomic E-state index is 3.57. The summed E-state index contributed by atoms with van der Waals surface area (Å²) in [4.78, 5) is 2.61. The van der Waals surface area contributed by atoms with Crippen molar-refractivity contribution in [3.05, 3.63) is 35.4 Å². The van der Waals surface area contributed by atoms with Crippen molar-refractivity contribution >= 4 is 0 Å². The molecule has 1 aliphatic heterocycles. The number of likely N-dealkylation sites (tertiary alicyclic amines) is 1. The van der Waals surface area contributed by atoms with Crippen molar-refractivity contribution in [3.8, 4) is 0 Å². The first-order valence-electron chi connectivity index (χ1n) is 7.71. The van der Waals surface area contributed by atoms with Crippen LogP contribution < -0.4 is 5.32 Å². The monoisotopic (exact) mass is 260 g/mol. The summed E-state index contributed by atoms with van der Waals surface area (Å²) in [6.07, 6.45) is 2.67. The summed E-state index contributed by atoms with van der Waals surface area (Å²) < 4.78 is 0. The van der Waals surface area contributed by atoms with Gasteiger partial charge in [-0.2, -0.15) is 0 Å². The van der Waals surface area contributed by atoms with E-state index in [-0.39, 0.29) is 0 Å². The van der Waals surface area contributed by atoms with E-state index in [1.165, 1.54) is 37.1 Å². The first-order chi connectivity index (χ1) is 9.20. The molecule has 0 aliphatic carbocycles. The topological polar surface area (TPSA) is 15.3 Å². The molecule has 1 N–H and O–H groups in total. The number of hydrogen-bond donors (Lipinski definition) is 1. The molecule has 1 aliphatic rings. The molecule has 0 saturated carbocycles. The van der Waals surface area contributed by atoms with Gasteiger partial charge >= 0.3 is 0 Å². The minimum atomic E-state index is 0.672. The third kappa shape index (κ3) is 4.05. The van der Waals surface area contributed by atoms with Crippen molar-refractivity contribution in [2.45, 2.75) is 46.2 Å². The van der Waals surface area contributed by atoms with Crippen LogP contribution in [0.3, 0.4) is 0 Å². The van der Waals surface area contributed by atoms with Gasteiger partial charge in [0.2, 0.25) is 0 Å². The van der Waals surface area contributed by atoms with E-state index in [1.54, 1.807) is 0 Å². The Labute approximate surface area is 118 Å². The van der Waals surface area contributed by atoms with Crippen LogP contribution in [0, 0.1) is 12.8 Å². The number of rotatable bonds is 5. The van der Waals surface area contributed by atoms with Crippen LogP contribution in [-0.4, -0.2) is 30.6 Å². The van der Waals surface area contributed by atoms with E-state index >= 15 is 0 Å². The van der Waals surface area contributed by atoms with Crippen LogP contribution in [0.5, 0.6) is 0 Å². The molecule has 1 heterocycles. The maximum Gasteiger partial charge on any atom is 0.0236 e. The van der Waals surface area contributed by atoms with E-state index in [4.69, 9.17) is 0 Å². The van der Waals surface area contributed by atoms with E-state index in [9.17, 15) is 0 Å². The van der Waals surface area contributed by atoms with Crippen LogP contribution in [0.15, 0.2) is 24.3 Å². The lowest BCUT2D eigenvalue weighted by molar-refractivity contribution is 0.157. The highest BCUT2D eigenvalue weighted by atomic mass is 15.1. The molecule has 1 aromatic rings. The number of nitrogens with one attached hydrogen (secondary N) is 1. The summed E-state index contributed by atoms with van der Waals surface area (Å²) in [6, 6.07) is 9.44. The van der Waals surface area contributed by atoms with Gasteiger partial charge in [-0.15, -0.1) is 0 Å². The molecule has 0 aromatic heterocycles. The molecule has 2 heteroatoms. The molecule has 19 heavy (non-hydrogen) atoms. The molecule has 1 aromatic carbocycles. The summed E-state index contributed by atoms with van der Waals surface area (Å²) in [5.74, 6) is 0.855. The first-order valence-corrected chi connectivity index (χ1v) is 7.71. The van der Waals surface area contributed by atoms with Crippen molar-refractivity contribution in [3.63, 3.8) is 0 Å². The number of aryl methyl sites for hydroxylation is 1. The molecule has 0 radical (unpaired) electrons. The van der Waals surface area contributed by atoms with Crippen LogP contribution >= 0.6 is 0 Å². The van der Waals surface area contributed by atoms with Gasteiger partial charge in [0.25, 0.3) is 0 Å². The van der Waals surface area contributed by atoms with Gasteiger partial charge < -0.3 is 5.32 Å². The quantitative estimate of drug-likeness (QED) is 0.874. The van der Waals surface area contributed by atoms with Gasteiger partial charge in [-0.25, -0.2) is 0 Å². The van der Waals surface area contributed by atoms with Gasteiger partial charge in [0, 0.05) is 12.6 Å². The van der Waals surface area contributed by atoms with Gasteiger partial charge in [-0.1, -0.05) is 31.2 Å². The van der Waals surface area contributed by atoms with E-state index in [1.807, 2.05) is 0 Å². The van der Waals surface area contributed by atoms with E-state index in [0.29, 0.717) is 6.04 Å². The lowest BCUT2D eigenvalue weighted by Gasteiger charge is -2.35. The first kappa shape index (κ1) is 14.5. The molecule has 1 unspecified atom stereocenters. The molecule has 0 spiro atoms. The molecular formula is C17H28N2. The smallest absolute Gasteiger partial charge is 0.0236 e. The molecule has 106 valence electrons. The predicted molar refractivity (Wildman–Crippen MR) is 82.3 cm³/mol. The van der Waals surface area contributed by atoms with Crippen molar-refractivity contribution in [2.24, 2.45) is 5.92 Å². The molecule has 1 saturated heterocycles. The third-order valence-electron chi connectivity index (χ3n) is 4.52. The second-order valence-corrected chi connectivity index (χ2v) is 5.89. The van der Waals surface area contributed by atoms with Gasteiger partial charge in [-0.3, -0.25) is 4.90 Å². The van der Waals surface area contributed by atoms with E-state index in [2.05, 4.69) is 55.3 Å². The zero-order valence-corrected chi connectivity index (χ0v) is 12.7. The Balaban J connectivity index is 1.82. The fourth-order valence-corrected chi connectivity index (χ4v) is 3.13. The average molecular weight is 260 g/mol. The van der Waals surface area contributed by atoms with E-state index in [0.717, 1.165) is 19.0 Å². The van der Waals surface area contributed by atoms with E-state index < -0.39 is 0 Å². The van der Waals surface area contributed by atoms with Crippen molar-refractivity contribution in [2.75, 3.05) is 19.6 Å². The lowest BCUT2D eigenvalue weighted by Crippen LogP contribution is -2.41. The standard InChI is InChI=1S/C17H28N2/c1-4-18-15(3)16-9-11-19(12-10-16)13-17-8-6-5-7-14(17)2/h5-8,15-16,18H,4,9-13H2,1-3H3. The Morgan fingerprint density at radius 2 is 1.95 bits per heavy atom. The summed E-state index contributed by atoms with van der Waals surface area (Å²) in [5, 5.41) is 3.57. The van der Waals surface area contributed by atoms with Gasteiger partial charge in [0.15, 0.2) is 0 Å². The largest absolute Gasteiger partial charge is 0.314 e. The van der Waals surface area contributed by atoms with Crippen LogP contribution in [0.25, 0.3) is 0 Å². The number of piperidine rings is 1. The zero-order chi connectivity index (χ0) is 13.7. The van der Waals surface area contributed by atoms with Crippen molar-refractivity contribution in [1.29, 1.82) is 0 Å². The number of nitrogens with zero attached hydrogens (tertiary/aromatic N) is 1.